The molecule has 1 spiro atoms. The second-order valence-corrected chi connectivity index (χ2v) is 15.0. The van der Waals surface area contributed by atoms with Gasteiger partial charge in [-0.3, -0.25) is 0 Å². The molecule has 0 amide bonds. The number of hydrogen-bond acceptors (Lipinski definition) is 8. The third-order valence-electron chi connectivity index (χ3n) is 11.4. The van der Waals surface area contributed by atoms with E-state index >= 15 is 0 Å². The average Bonchev–Trinajstić information content (AvgIpc) is 3.05. The van der Waals surface area contributed by atoms with Gasteiger partial charge in [0.25, 0.3) is 0 Å². The number of carbonyl (C=O) groups is 1. The first-order valence-corrected chi connectivity index (χ1v) is 18.1. The number of hydrogen-bond donors (Lipinski definition) is 2. The van der Waals surface area contributed by atoms with E-state index in [2.05, 4.69) is 39.8 Å². The minimum absolute atomic E-state index is 0.0882. The van der Waals surface area contributed by atoms with Gasteiger partial charge in [0, 0.05) is 32.8 Å². The van der Waals surface area contributed by atoms with Crippen molar-refractivity contribution in [3.8, 4) is 5.75 Å². The number of esters is 1. The van der Waals surface area contributed by atoms with Crippen LogP contribution in [0.2, 0.25) is 0 Å². The second-order valence-electron chi connectivity index (χ2n) is 15.0. The lowest BCUT2D eigenvalue weighted by Gasteiger charge is -2.49. The highest BCUT2D eigenvalue weighted by Gasteiger charge is 2.48. The van der Waals surface area contributed by atoms with Crippen molar-refractivity contribution >= 4 is 11.5 Å². The maximum Gasteiger partial charge on any atom is 0.339 e. The molecule has 5 rings (SSSR count). The fourth-order valence-corrected chi connectivity index (χ4v) is 8.20. The van der Waals surface area contributed by atoms with Crippen molar-refractivity contribution in [1.29, 1.82) is 0 Å². The van der Waals surface area contributed by atoms with E-state index in [0.29, 0.717) is 48.3 Å². The van der Waals surface area contributed by atoms with Gasteiger partial charge in [0.1, 0.15) is 11.9 Å². The third-order valence-corrected chi connectivity index (χ3v) is 11.4. The Hall–Kier alpha value is -2.49. The van der Waals surface area contributed by atoms with Crippen LogP contribution in [0.25, 0.3) is 5.57 Å². The van der Waals surface area contributed by atoms with Crippen LogP contribution in [0.1, 0.15) is 114 Å². The van der Waals surface area contributed by atoms with Gasteiger partial charge in [-0.25, -0.2) is 4.79 Å². The minimum Gasteiger partial charge on any atom is -0.508 e. The predicted octanol–water partition coefficient (Wildman–Crippen LogP) is 7.83. The van der Waals surface area contributed by atoms with Gasteiger partial charge in [-0.1, -0.05) is 50.6 Å². The lowest BCUT2D eigenvalue weighted by atomic mass is 9.80. The fraction of sp³-hybridized carbons (Fsp3) is 0.675. The van der Waals surface area contributed by atoms with E-state index in [1.54, 1.807) is 26.2 Å². The Kier molecular flexibility index (Phi) is 11.9. The summed E-state index contributed by atoms with van der Waals surface area (Å²) in [5, 5.41) is 21.1. The number of rotatable bonds is 4. The number of benzene rings is 1. The van der Waals surface area contributed by atoms with E-state index < -0.39 is 17.9 Å². The smallest absolute Gasteiger partial charge is 0.339 e. The molecule has 0 aromatic heterocycles. The van der Waals surface area contributed by atoms with Crippen LogP contribution in [0.3, 0.4) is 0 Å². The van der Waals surface area contributed by atoms with Crippen LogP contribution in [0.15, 0.2) is 42.0 Å². The van der Waals surface area contributed by atoms with Gasteiger partial charge in [0.2, 0.25) is 0 Å². The van der Waals surface area contributed by atoms with Gasteiger partial charge in [-0.2, -0.15) is 0 Å². The number of aliphatic hydroxyl groups is 1. The Bertz CT molecular complexity index is 1380. The van der Waals surface area contributed by atoms with Gasteiger partial charge in [0.05, 0.1) is 42.2 Å². The SMILES string of the molecule is CCC1OC2(CCC1C)CC1CC(CC=C(C)C(CC3OC(C)C(O)CC3OC)C(C)C=CC=C(C)c3cc(O)c(C)cc3C(=O)O1)O2. The van der Waals surface area contributed by atoms with Gasteiger partial charge < -0.3 is 33.9 Å². The molecule has 0 radical (unpaired) electrons. The highest BCUT2D eigenvalue weighted by Crippen LogP contribution is 2.44. The Morgan fingerprint density at radius 3 is 2.52 bits per heavy atom. The van der Waals surface area contributed by atoms with Crippen LogP contribution in [0.5, 0.6) is 5.75 Å². The molecule has 0 aliphatic carbocycles. The van der Waals surface area contributed by atoms with Crippen LogP contribution < -0.4 is 0 Å². The molecule has 11 unspecified atom stereocenters. The molecule has 3 fully saturated rings. The molecule has 11 atom stereocenters. The summed E-state index contributed by atoms with van der Waals surface area (Å²) in [6, 6.07) is 3.40. The normalized spacial score (nSPS) is 38.1. The molecule has 4 aliphatic rings. The van der Waals surface area contributed by atoms with Crippen molar-refractivity contribution in [2.75, 3.05) is 7.11 Å². The number of allylic oxidation sites excluding steroid dienone is 5. The zero-order valence-electron chi connectivity index (χ0n) is 30.2. The van der Waals surface area contributed by atoms with E-state index in [4.69, 9.17) is 23.7 Å². The molecule has 1 aromatic rings. The van der Waals surface area contributed by atoms with Crippen molar-refractivity contribution in [1.82, 2.24) is 0 Å². The predicted molar refractivity (Wildman–Crippen MR) is 187 cm³/mol. The first-order valence-electron chi connectivity index (χ1n) is 18.1. The van der Waals surface area contributed by atoms with Crippen LogP contribution in [0.4, 0.5) is 0 Å². The summed E-state index contributed by atoms with van der Waals surface area (Å²) in [5.41, 5.74) is 3.81. The number of methoxy groups -OCH3 is 1. The average molecular weight is 667 g/mol. The fourth-order valence-electron chi connectivity index (χ4n) is 8.20. The summed E-state index contributed by atoms with van der Waals surface area (Å²) in [7, 11) is 1.69. The number of aryl methyl sites for hydroxylation is 1. The number of aliphatic hydroxyl groups excluding tert-OH is 1. The molecule has 48 heavy (non-hydrogen) atoms. The van der Waals surface area contributed by atoms with E-state index in [0.717, 1.165) is 31.3 Å². The topological polar surface area (TPSA) is 104 Å². The number of fused-ring (bicyclic) bond motifs is 3. The molecule has 8 nitrogen and oxygen atoms in total. The molecular weight excluding hydrogens is 608 g/mol. The highest BCUT2D eigenvalue weighted by molar-refractivity contribution is 5.96. The van der Waals surface area contributed by atoms with Crippen LogP contribution >= 0.6 is 0 Å². The van der Waals surface area contributed by atoms with Crippen molar-refractivity contribution in [2.24, 2.45) is 17.8 Å². The van der Waals surface area contributed by atoms with Crippen molar-refractivity contribution in [3.05, 3.63) is 58.7 Å². The first-order chi connectivity index (χ1) is 22.8. The Morgan fingerprint density at radius 1 is 1.02 bits per heavy atom. The largest absolute Gasteiger partial charge is 0.508 e. The highest BCUT2D eigenvalue weighted by atomic mass is 16.7. The number of phenols is 1. The summed E-state index contributed by atoms with van der Waals surface area (Å²) in [6.07, 6.45) is 12.6. The summed E-state index contributed by atoms with van der Waals surface area (Å²) < 4.78 is 32.1. The molecule has 266 valence electrons. The molecule has 0 saturated carbocycles. The summed E-state index contributed by atoms with van der Waals surface area (Å²) in [6.45, 7) is 14.5. The summed E-state index contributed by atoms with van der Waals surface area (Å²) >= 11 is 0. The third kappa shape index (κ3) is 8.27. The Labute approximate surface area is 287 Å². The van der Waals surface area contributed by atoms with Crippen LogP contribution in [-0.4, -0.2) is 71.8 Å². The quantitative estimate of drug-likeness (QED) is 0.248. The zero-order chi connectivity index (χ0) is 34.7. The maximum absolute atomic E-state index is 13.9. The van der Waals surface area contributed by atoms with Gasteiger partial charge in [-0.05, 0) is 100.0 Å². The lowest BCUT2D eigenvalue weighted by Crippen LogP contribution is -2.54. The van der Waals surface area contributed by atoms with Crippen LogP contribution in [0, 0.1) is 24.7 Å². The van der Waals surface area contributed by atoms with E-state index in [1.807, 2.05) is 26.0 Å². The van der Waals surface area contributed by atoms with Crippen molar-refractivity contribution in [2.45, 2.75) is 148 Å². The summed E-state index contributed by atoms with van der Waals surface area (Å²) in [4.78, 5) is 13.9. The van der Waals surface area contributed by atoms with Gasteiger partial charge in [-0.15, -0.1) is 0 Å². The Balaban J connectivity index is 1.54. The monoisotopic (exact) mass is 666 g/mol. The maximum atomic E-state index is 13.9. The van der Waals surface area contributed by atoms with Crippen LogP contribution in [-0.2, 0) is 23.7 Å². The molecular formula is C40H58O8. The molecule has 4 aliphatic heterocycles. The zero-order valence-corrected chi connectivity index (χ0v) is 30.2. The molecule has 2 bridgehead atoms. The lowest BCUT2D eigenvalue weighted by molar-refractivity contribution is -0.334. The number of aromatic hydroxyl groups is 1. The molecule has 1 aromatic carbocycles. The first kappa shape index (κ1) is 36.8. The van der Waals surface area contributed by atoms with Crippen molar-refractivity contribution in [3.63, 3.8) is 0 Å². The Morgan fingerprint density at radius 2 is 1.79 bits per heavy atom. The minimum atomic E-state index is -0.800. The van der Waals surface area contributed by atoms with Crippen molar-refractivity contribution < 1.29 is 38.7 Å². The van der Waals surface area contributed by atoms with E-state index in [1.165, 1.54) is 5.57 Å². The number of ether oxygens (including phenoxy) is 5. The molecule has 2 N–H and O–H groups in total. The molecule has 8 heteroatoms. The number of carbonyl (C=O) groups excluding carboxylic acids is 1. The molecule has 3 saturated heterocycles. The standard InChI is InChI=1S/C40H58O8/c1-9-36-26(5)15-16-40(48-36)22-30-18-29(47-40)14-13-25(4)31(20-38-37(44-8)21-35(42)28(7)45-38)23(2)11-10-12-24(3)32-19-34(41)27(6)17-33(32)39(43)46-30/h10-13,17,19,23,26,28-31,35-38,41-42H,9,14-16,18,20-22H2,1-8H3. The van der Waals surface area contributed by atoms with Gasteiger partial charge in [0.15, 0.2) is 5.79 Å². The molecule has 4 heterocycles. The van der Waals surface area contributed by atoms with Gasteiger partial charge >= 0.3 is 5.97 Å². The van der Waals surface area contributed by atoms with E-state index in [-0.39, 0.29) is 54.2 Å². The second kappa shape index (κ2) is 15.6. The van der Waals surface area contributed by atoms with E-state index in [9.17, 15) is 15.0 Å². The number of phenolic OH excluding ortho intramolecular Hbond substituents is 1. The summed E-state index contributed by atoms with van der Waals surface area (Å²) in [5.74, 6) is -0.319.